The molecule has 0 radical (unpaired) electrons. The van der Waals surface area contributed by atoms with E-state index < -0.39 is 0 Å². The smallest absolute Gasteiger partial charge is 0.305 e. The summed E-state index contributed by atoms with van der Waals surface area (Å²) in [6, 6.07) is 5.33. The average molecular weight is 304 g/mol. The maximum absolute atomic E-state index is 11.2. The van der Waals surface area contributed by atoms with Gasteiger partial charge in [0.05, 0.1) is 16.7 Å². The molecule has 1 atom stereocenters. The van der Waals surface area contributed by atoms with Crippen LogP contribution in [-0.4, -0.2) is 12.6 Å². The lowest BCUT2D eigenvalue weighted by molar-refractivity contribution is -0.143. The first kappa shape index (κ1) is 16.3. The molecule has 0 heterocycles. The number of rotatable bonds is 7. The Bertz CT molecular complexity index is 424. The molecular weight excluding hydrogens is 285 g/mol. The van der Waals surface area contributed by atoms with Crippen LogP contribution in [0, 0.1) is 0 Å². The van der Waals surface area contributed by atoms with E-state index in [4.69, 9.17) is 33.7 Å². The number of benzene rings is 1. The Balaban J connectivity index is 2.33. The fraction of sp³-hybridized carbons (Fsp3) is 0.500. The van der Waals surface area contributed by atoms with Crippen molar-refractivity contribution in [2.45, 2.75) is 38.6 Å². The lowest BCUT2D eigenvalue weighted by atomic mass is 10.0. The lowest BCUT2D eigenvalue weighted by Crippen LogP contribution is -2.10. The maximum atomic E-state index is 11.2. The first-order valence-electron chi connectivity index (χ1n) is 6.40. The Morgan fingerprint density at radius 2 is 2.05 bits per heavy atom. The molecule has 0 aliphatic heterocycles. The third-order valence-electron chi connectivity index (χ3n) is 2.82. The summed E-state index contributed by atoms with van der Waals surface area (Å²) in [6.45, 7) is 2.24. The van der Waals surface area contributed by atoms with Crippen LogP contribution in [0.2, 0.25) is 10.0 Å². The highest BCUT2D eigenvalue weighted by Gasteiger charge is 2.09. The molecule has 2 N–H and O–H groups in total. The Labute approximate surface area is 124 Å². The van der Waals surface area contributed by atoms with Crippen molar-refractivity contribution >= 4 is 29.2 Å². The first-order valence-corrected chi connectivity index (χ1v) is 7.16. The van der Waals surface area contributed by atoms with Crippen LogP contribution < -0.4 is 5.73 Å². The second-order valence-electron chi connectivity index (χ2n) is 4.33. The molecule has 19 heavy (non-hydrogen) atoms. The molecule has 0 fully saturated rings. The van der Waals surface area contributed by atoms with Crippen molar-refractivity contribution in [3.8, 4) is 0 Å². The predicted molar refractivity (Wildman–Crippen MR) is 78.5 cm³/mol. The van der Waals surface area contributed by atoms with Crippen LogP contribution in [-0.2, 0) is 9.53 Å². The van der Waals surface area contributed by atoms with Gasteiger partial charge in [-0.15, -0.1) is 0 Å². The summed E-state index contributed by atoms with van der Waals surface area (Å²) in [5, 5.41) is 1.04. The van der Waals surface area contributed by atoms with Gasteiger partial charge in [0.15, 0.2) is 0 Å². The highest BCUT2D eigenvalue weighted by Crippen LogP contribution is 2.26. The van der Waals surface area contributed by atoms with Gasteiger partial charge in [0.25, 0.3) is 0 Å². The van der Waals surface area contributed by atoms with Crippen LogP contribution in [0.15, 0.2) is 18.2 Å². The summed E-state index contributed by atoms with van der Waals surface area (Å²) in [5.74, 6) is -0.148. The number of unbranched alkanes of at least 4 members (excludes halogenated alkanes) is 1. The zero-order valence-corrected chi connectivity index (χ0v) is 12.5. The van der Waals surface area contributed by atoms with Crippen molar-refractivity contribution in [3.63, 3.8) is 0 Å². The summed E-state index contributed by atoms with van der Waals surface area (Å²) < 4.78 is 4.86. The Hall–Kier alpha value is -0.770. The summed E-state index contributed by atoms with van der Waals surface area (Å²) in [6.07, 6.45) is 2.91. The van der Waals surface area contributed by atoms with Crippen LogP contribution in [0.5, 0.6) is 0 Å². The van der Waals surface area contributed by atoms with E-state index in [9.17, 15) is 4.79 Å². The Kier molecular flexibility index (Phi) is 7.21. The summed E-state index contributed by atoms with van der Waals surface area (Å²) in [7, 11) is 0. The SMILES string of the molecule is CCOC(=O)CCCCC(N)c1ccc(Cl)c(Cl)c1. The second-order valence-corrected chi connectivity index (χ2v) is 5.15. The predicted octanol–water partition coefficient (Wildman–Crippen LogP) is 4.12. The van der Waals surface area contributed by atoms with Gasteiger partial charge in [0.2, 0.25) is 0 Å². The van der Waals surface area contributed by atoms with E-state index in [0.29, 0.717) is 23.1 Å². The van der Waals surface area contributed by atoms with Crippen molar-refractivity contribution in [2.24, 2.45) is 5.73 Å². The second kappa shape index (κ2) is 8.41. The van der Waals surface area contributed by atoms with Gasteiger partial charge in [0.1, 0.15) is 0 Å². The van der Waals surface area contributed by atoms with Gasteiger partial charge in [0, 0.05) is 12.5 Å². The molecule has 0 aliphatic rings. The number of carbonyl (C=O) groups excluding carboxylic acids is 1. The zero-order valence-electron chi connectivity index (χ0n) is 11.0. The highest BCUT2D eigenvalue weighted by molar-refractivity contribution is 6.42. The van der Waals surface area contributed by atoms with Gasteiger partial charge in [-0.25, -0.2) is 0 Å². The van der Waals surface area contributed by atoms with Crippen molar-refractivity contribution in [1.29, 1.82) is 0 Å². The number of hydrogen-bond donors (Lipinski definition) is 1. The molecule has 3 nitrogen and oxygen atoms in total. The van der Waals surface area contributed by atoms with Crippen molar-refractivity contribution in [3.05, 3.63) is 33.8 Å². The van der Waals surface area contributed by atoms with Gasteiger partial charge in [-0.3, -0.25) is 4.79 Å². The van der Waals surface area contributed by atoms with Crippen molar-refractivity contribution < 1.29 is 9.53 Å². The topological polar surface area (TPSA) is 52.3 Å². The van der Waals surface area contributed by atoms with E-state index in [1.807, 2.05) is 6.07 Å². The van der Waals surface area contributed by atoms with Gasteiger partial charge >= 0.3 is 5.97 Å². The molecule has 5 heteroatoms. The molecule has 0 spiro atoms. The zero-order chi connectivity index (χ0) is 14.3. The fourth-order valence-corrected chi connectivity index (χ4v) is 2.08. The minimum atomic E-state index is -0.148. The minimum absolute atomic E-state index is 0.0861. The monoisotopic (exact) mass is 303 g/mol. The van der Waals surface area contributed by atoms with Crippen LogP contribution in [0.3, 0.4) is 0 Å². The van der Waals surface area contributed by atoms with Crippen LogP contribution in [0.25, 0.3) is 0 Å². The van der Waals surface area contributed by atoms with Crippen molar-refractivity contribution in [1.82, 2.24) is 0 Å². The van der Waals surface area contributed by atoms with E-state index in [2.05, 4.69) is 0 Å². The van der Waals surface area contributed by atoms with Crippen LogP contribution in [0.4, 0.5) is 0 Å². The molecule has 1 aromatic carbocycles. The number of halogens is 2. The molecule has 1 rings (SSSR count). The van der Waals surface area contributed by atoms with Gasteiger partial charge < -0.3 is 10.5 Å². The minimum Gasteiger partial charge on any atom is -0.466 e. The molecule has 0 saturated carbocycles. The van der Waals surface area contributed by atoms with Crippen LogP contribution >= 0.6 is 23.2 Å². The molecule has 0 amide bonds. The van der Waals surface area contributed by atoms with Crippen molar-refractivity contribution in [2.75, 3.05) is 6.61 Å². The lowest BCUT2D eigenvalue weighted by Gasteiger charge is -2.12. The molecule has 106 valence electrons. The van der Waals surface area contributed by atoms with Gasteiger partial charge in [-0.05, 0) is 37.5 Å². The number of esters is 1. The molecule has 0 aromatic heterocycles. The normalized spacial score (nSPS) is 12.2. The number of hydrogen-bond acceptors (Lipinski definition) is 3. The van der Waals surface area contributed by atoms with E-state index >= 15 is 0 Å². The molecular formula is C14H19Cl2NO2. The van der Waals surface area contributed by atoms with Gasteiger partial charge in [-0.2, -0.15) is 0 Å². The molecule has 1 unspecified atom stereocenters. The highest BCUT2D eigenvalue weighted by atomic mass is 35.5. The number of nitrogens with two attached hydrogens (primary N) is 1. The Morgan fingerprint density at radius 1 is 1.32 bits per heavy atom. The van der Waals surface area contributed by atoms with E-state index in [0.717, 1.165) is 24.8 Å². The standard InChI is InChI=1S/C14H19Cl2NO2/c1-2-19-14(18)6-4-3-5-13(17)10-7-8-11(15)12(16)9-10/h7-9,13H,2-6,17H2,1H3. The third-order valence-corrected chi connectivity index (χ3v) is 3.56. The average Bonchev–Trinajstić information content (AvgIpc) is 2.38. The van der Waals surface area contributed by atoms with Crippen LogP contribution in [0.1, 0.15) is 44.2 Å². The third kappa shape index (κ3) is 5.81. The molecule has 0 aliphatic carbocycles. The molecule has 0 bridgehead atoms. The first-order chi connectivity index (χ1) is 9.04. The fourth-order valence-electron chi connectivity index (χ4n) is 1.78. The summed E-state index contributed by atoms with van der Waals surface area (Å²) in [5.41, 5.74) is 7.04. The maximum Gasteiger partial charge on any atom is 0.305 e. The summed E-state index contributed by atoms with van der Waals surface area (Å²) >= 11 is 11.8. The quantitative estimate of drug-likeness (QED) is 0.609. The molecule has 1 aromatic rings. The number of ether oxygens (including phenoxy) is 1. The van der Waals surface area contributed by atoms with Gasteiger partial charge in [-0.1, -0.05) is 35.7 Å². The Morgan fingerprint density at radius 3 is 2.68 bits per heavy atom. The largest absolute Gasteiger partial charge is 0.466 e. The summed E-state index contributed by atoms with van der Waals surface area (Å²) in [4.78, 5) is 11.2. The van der Waals surface area contributed by atoms with E-state index in [-0.39, 0.29) is 12.0 Å². The number of carbonyl (C=O) groups is 1. The van der Waals surface area contributed by atoms with E-state index in [1.165, 1.54) is 0 Å². The van der Waals surface area contributed by atoms with E-state index in [1.54, 1.807) is 19.1 Å². The molecule has 0 saturated heterocycles.